The zero-order chi connectivity index (χ0) is 24.5. The van der Waals surface area contributed by atoms with Gasteiger partial charge in [0.05, 0.1) is 0 Å². The monoisotopic (exact) mass is 468 g/mol. The molecule has 0 spiro atoms. The molecule has 5 rings (SSSR count). The lowest BCUT2D eigenvalue weighted by atomic mass is 10.0. The predicted octanol–water partition coefficient (Wildman–Crippen LogP) is 5.25. The Balaban J connectivity index is 1.37. The minimum atomic E-state index is -0.961. The predicted molar refractivity (Wildman–Crippen MR) is 131 cm³/mol. The molecule has 174 valence electrons. The van der Waals surface area contributed by atoms with Crippen LogP contribution in [0.1, 0.15) is 12.5 Å². The largest absolute Gasteiger partial charge is 0.479 e. The Labute approximate surface area is 199 Å². The highest BCUT2D eigenvalue weighted by Gasteiger charge is 2.19. The van der Waals surface area contributed by atoms with Crippen LogP contribution in [0.4, 0.5) is 0 Å². The van der Waals surface area contributed by atoms with Gasteiger partial charge >= 0.3 is 17.2 Å². The lowest BCUT2D eigenvalue weighted by molar-refractivity contribution is -0.141. The molecule has 0 amide bonds. The van der Waals surface area contributed by atoms with Crippen molar-refractivity contribution >= 4 is 27.9 Å². The summed E-state index contributed by atoms with van der Waals surface area (Å²) >= 11 is 0. The van der Waals surface area contributed by atoms with Crippen molar-refractivity contribution in [3.8, 4) is 22.6 Å². The van der Waals surface area contributed by atoms with Crippen LogP contribution < -0.4 is 20.7 Å². The molecule has 0 aliphatic carbocycles. The summed E-state index contributed by atoms with van der Waals surface area (Å²) in [6.45, 7) is 3.35. The van der Waals surface area contributed by atoms with Gasteiger partial charge in [0.25, 0.3) is 0 Å². The van der Waals surface area contributed by atoms with Crippen LogP contribution in [0.25, 0.3) is 33.1 Å². The molecule has 0 aliphatic rings. The molecule has 0 bridgehead atoms. The Hall–Kier alpha value is -4.65. The highest BCUT2D eigenvalue weighted by Crippen LogP contribution is 2.30. The second-order valence-electron chi connectivity index (χ2n) is 8.09. The zero-order valence-corrected chi connectivity index (χ0v) is 18.9. The smallest absolute Gasteiger partial charge is 0.352 e. The molecule has 1 unspecified atom stereocenters. The number of hydrogen-bond acceptors (Lipinski definition) is 7. The van der Waals surface area contributed by atoms with E-state index in [1.165, 1.54) is 18.2 Å². The van der Waals surface area contributed by atoms with Crippen LogP contribution in [0.2, 0.25) is 0 Å². The van der Waals surface area contributed by atoms with E-state index in [0.717, 1.165) is 27.5 Å². The van der Waals surface area contributed by atoms with Gasteiger partial charge in [-0.3, -0.25) is 0 Å². The third-order valence-corrected chi connectivity index (χ3v) is 5.59. The van der Waals surface area contributed by atoms with Crippen molar-refractivity contribution in [3.63, 3.8) is 0 Å². The minimum Gasteiger partial charge on any atom is -0.479 e. The van der Waals surface area contributed by atoms with Gasteiger partial charge in [-0.1, -0.05) is 30.3 Å². The first-order valence-corrected chi connectivity index (χ1v) is 10.9. The van der Waals surface area contributed by atoms with Gasteiger partial charge in [0, 0.05) is 35.0 Å². The summed E-state index contributed by atoms with van der Waals surface area (Å²) < 4.78 is 21.8. The van der Waals surface area contributed by atoms with E-state index >= 15 is 0 Å². The Bertz CT molecular complexity index is 1680. The summed E-state index contributed by atoms with van der Waals surface area (Å²) in [7, 11) is 0. The molecule has 35 heavy (non-hydrogen) atoms. The first-order chi connectivity index (χ1) is 16.9. The number of ether oxygens (including phenoxy) is 2. The summed E-state index contributed by atoms with van der Waals surface area (Å²) in [5.74, 6) is -0.0712. The van der Waals surface area contributed by atoms with Gasteiger partial charge in [-0.05, 0) is 54.8 Å². The van der Waals surface area contributed by atoms with Crippen LogP contribution in [-0.4, -0.2) is 12.1 Å². The summed E-state index contributed by atoms with van der Waals surface area (Å²) in [4.78, 5) is 36.4. The van der Waals surface area contributed by atoms with E-state index in [1.807, 2.05) is 30.3 Å². The van der Waals surface area contributed by atoms with Gasteiger partial charge in [-0.15, -0.1) is 0 Å². The van der Waals surface area contributed by atoms with E-state index in [0.29, 0.717) is 16.9 Å². The van der Waals surface area contributed by atoms with E-state index in [1.54, 1.807) is 44.2 Å². The number of aryl methyl sites for hydroxylation is 1. The number of benzene rings is 3. The maximum absolute atomic E-state index is 12.6. The molecule has 7 nitrogen and oxygen atoms in total. The zero-order valence-electron chi connectivity index (χ0n) is 18.9. The summed E-state index contributed by atoms with van der Waals surface area (Å²) in [6, 6.07) is 22.2. The highest BCUT2D eigenvalue weighted by atomic mass is 16.6. The molecule has 0 N–H and O–H groups in total. The normalized spacial score (nSPS) is 11.9. The number of fused-ring (bicyclic) bond motifs is 2. The first-order valence-electron chi connectivity index (χ1n) is 10.9. The Morgan fingerprint density at radius 1 is 0.771 bits per heavy atom. The van der Waals surface area contributed by atoms with Crippen molar-refractivity contribution in [2.45, 2.75) is 20.0 Å². The van der Waals surface area contributed by atoms with Crippen LogP contribution in [-0.2, 0) is 4.79 Å². The van der Waals surface area contributed by atoms with E-state index < -0.39 is 23.3 Å². The fraction of sp³-hybridized carbons (Fsp3) is 0.107. The average molecular weight is 468 g/mol. The molecule has 1 atom stereocenters. The number of hydrogen-bond donors (Lipinski definition) is 0. The quantitative estimate of drug-likeness (QED) is 0.198. The summed E-state index contributed by atoms with van der Waals surface area (Å²) in [5, 5.41) is 1.49. The number of esters is 1. The summed E-state index contributed by atoms with van der Waals surface area (Å²) in [5.41, 5.74) is 2.10. The van der Waals surface area contributed by atoms with Gasteiger partial charge in [0.1, 0.15) is 22.7 Å². The van der Waals surface area contributed by atoms with Gasteiger partial charge in [0.15, 0.2) is 6.10 Å². The number of carbonyl (C=O) groups excluding carboxylic acids is 1. The van der Waals surface area contributed by atoms with Crippen LogP contribution in [0.3, 0.4) is 0 Å². The molecule has 0 radical (unpaired) electrons. The summed E-state index contributed by atoms with van der Waals surface area (Å²) in [6.07, 6.45) is -0.961. The third kappa shape index (κ3) is 4.56. The lowest BCUT2D eigenvalue weighted by Crippen LogP contribution is -2.28. The molecular weight excluding hydrogens is 448 g/mol. The van der Waals surface area contributed by atoms with Crippen molar-refractivity contribution in [1.29, 1.82) is 0 Å². The van der Waals surface area contributed by atoms with E-state index in [9.17, 15) is 14.4 Å². The van der Waals surface area contributed by atoms with Crippen molar-refractivity contribution < 1.29 is 23.1 Å². The first kappa shape index (κ1) is 22.2. The van der Waals surface area contributed by atoms with Gasteiger partial charge < -0.3 is 18.3 Å². The topological polar surface area (TPSA) is 96.0 Å². The standard InChI is InChI=1S/C28H20O7/c1-16-12-26(29)34-24-14-20(8-10-21(16)24)33-28(31)17(2)32-19-9-11-22-23(18-6-4-3-5-7-18)15-27(30)35-25(22)13-19/h3-15,17H,1-2H3. The van der Waals surface area contributed by atoms with Crippen molar-refractivity contribution in [3.05, 3.63) is 105 Å². The maximum atomic E-state index is 12.6. The minimum absolute atomic E-state index is 0.226. The molecule has 2 heterocycles. The van der Waals surface area contributed by atoms with E-state index in [4.69, 9.17) is 18.3 Å². The average Bonchev–Trinajstić information content (AvgIpc) is 2.83. The highest BCUT2D eigenvalue weighted by molar-refractivity contribution is 5.93. The molecule has 0 saturated carbocycles. The molecule has 0 saturated heterocycles. The Morgan fingerprint density at radius 3 is 2.17 bits per heavy atom. The maximum Gasteiger partial charge on any atom is 0.352 e. The van der Waals surface area contributed by atoms with Gasteiger partial charge in [0.2, 0.25) is 0 Å². The molecule has 2 aromatic heterocycles. The SMILES string of the molecule is Cc1cc(=O)oc2cc(OC(=O)C(C)Oc3ccc4c(-c5ccccc5)cc(=O)oc4c3)ccc12. The van der Waals surface area contributed by atoms with E-state index in [2.05, 4.69) is 0 Å². The van der Waals surface area contributed by atoms with E-state index in [-0.39, 0.29) is 5.75 Å². The Morgan fingerprint density at radius 2 is 1.40 bits per heavy atom. The van der Waals surface area contributed by atoms with Crippen LogP contribution in [0.5, 0.6) is 11.5 Å². The molecule has 0 fully saturated rings. The van der Waals surface area contributed by atoms with Crippen LogP contribution in [0.15, 0.2) is 97.3 Å². The molecule has 0 aliphatic heterocycles. The second-order valence-corrected chi connectivity index (χ2v) is 8.09. The fourth-order valence-corrected chi connectivity index (χ4v) is 3.89. The van der Waals surface area contributed by atoms with Crippen LogP contribution in [0, 0.1) is 6.92 Å². The van der Waals surface area contributed by atoms with Gasteiger partial charge in [-0.2, -0.15) is 0 Å². The third-order valence-electron chi connectivity index (χ3n) is 5.59. The lowest BCUT2D eigenvalue weighted by Gasteiger charge is -2.15. The molecule has 7 heteroatoms. The molecule has 3 aromatic carbocycles. The number of carbonyl (C=O) groups is 1. The number of rotatable bonds is 5. The van der Waals surface area contributed by atoms with Gasteiger partial charge in [-0.25, -0.2) is 14.4 Å². The van der Waals surface area contributed by atoms with Crippen molar-refractivity contribution in [2.24, 2.45) is 0 Å². The van der Waals surface area contributed by atoms with Crippen molar-refractivity contribution in [1.82, 2.24) is 0 Å². The fourth-order valence-electron chi connectivity index (χ4n) is 3.89. The van der Waals surface area contributed by atoms with Crippen LogP contribution >= 0.6 is 0 Å². The Kier molecular flexibility index (Phi) is 5.66. The second kappa shape index (κ2) is 8.95. The molecule has 5 aromatic rings. The molecular formula is C28H20O7. The van der Waals surface area contributed by atoms with Crippen molar-refractivity contribution in [2.75, 3.05) is 0 Å².